The van der Waals surface area contributed by atoms with Crippen molar-refractivity contribution in [2.45, 2.75) is 39.5 Å². The van der Waals surface area contributed by atoms with Crippen molar-refractivity contribution in [1.29, 1.82) is 0 Å². The topological polar surface area (TPSA) is 85.3 Å². The molecule has 0 saturated heterocycles. The Kier molecular flexibility index (Phi) is 5.10. The predicted octanol–water partition coefficient (Wildman–Crippen LogP) is 1.25. The minimum Gasteiger partial charge on any atom is -0.493 e. The summed E-state index contributed by atoms with van der Waals surface area (Å²) in [4.78, 5) is 25.8. The number of methoxy groups -OCH3 is 1. The molecule has 2 rings (SSSR count). The van der Waals surface area contributed by atoms with Crippen LogP contribution < -0.4 is 14.4 Å². The van der Waals surface area contributed by atoms with Crippen LogP contribution in [0.15, 0.2) is 12.1 Å². The standard InChI is InChI=1S/C16H21NO6/c1-9(2)23-16(20)10(3)17-12-5-11(7-18)6-13(21-4)15(12)22-8-14(17)19/h5-6,9-10,18H,7-8H2,1-4H3. The molecule has 0 fully saturated rings. The highest BCUT2D eigenvalue weighted by molar-refractivity contribution is 6.03. The van der Waals surface area contributed by atoms with Gasteiger partial charge in [-0.2, -0.15) is 0 Å². The first kappa shape index (κ1) is 17.1. The maximum Gasteiger partial charge on any atom is 0.329 e. The number of esters is 1. The Balaban J connectivity index is 2.46. The molecule has 1 aromatic rings. The maximum atomic E-state index is 12.3. The normalized spacial score (nSPS) is 15.0. The highest BCUT2D eigenvalue weighted by Crippen LogP contribution is 2.42. The summed E-state index contributed by atoms with van der Waals surface area (Å²) in [6, 6.07) is 2.42. The van der Waals surface area contributed by atoms with Gasteiger partial charge in [0.2, 0.25) is 0 Å². The number of ether oxygens (including phenoxy) is 3. The summed E-state index contributed by atoms with van der Waals surface area (Å²) in [6.07, 6.45) is -0.279. The Morgan fingerprint density at radius 1 is 1.39 bits per heavy atom. The molecule has 1 atom stereocenters. The fourth-order valence-electron chi connectivity index (χ4n) is 2.41. The number of aliphatic hydroxyl groups is 1. The van der Waals surface area contributed by atoms with Crippen molar-refractivity contribution in [3.05, 3.63) is 17.7 Å². The van der Waals surface area contributed by atoms with Crippen molar-refractivity contribution in [3.8, 4) is 11.5 Å². The number of carbonyl (C=O) groups is 2. The minimum atomic E-state index is -0.814. The number of amides is 1. The van der Waals surface area contributed by atoms with Gasteiger partial charge in [0.05, 0.1) is 25.5 Å². The van der Waals surface area contributed by atoms with E-state index in [9.17, 15) is 14.7 Å². The fourth-order valence-corrected chi connectivity index (χ4v) is 2.41. The summed E-state index contributed by atoms with van der Waals surface area (Å²) >= 11 is 0. The van der Waals surface area contributed by atoms with E-state index in [2.05, 4.69) is 0 Å². The highest BCUT2D eigenvalue weighted by atomic mass is 16.5. The van der Waals surface area contributed by atoms with Gasteiger partial charge < -0.3 is 19.3 Å². The number of rotatable bonds is 5. The Morgan fingerprint density at radius 3 is 2.65 bits per heavy atom. The van der Waals surface area contributed by atoms with Crippen LogP contribution in [-0.2, 0) is 20.9 Å². The van der Waals surface area contributed by atoms with Crippen molar-refractivity contribution in [1.82, 2.24) is 0 Å². The first-order valence-corrected chi connectivity index (χ1v) is 7.36. The lowest BCUT2D eigenvalue weighted by Crippen LogP contribution is -2.49. The first-order valence-electron chi connectivity index (χ1n) is 7.36. The zero-order valence-electron chi connectivity index (χ0n) is 13.7. The molecule has 1 aliphatic heterocycles. The summed E-state index contributed by atoms with van der Waals surface area (Å²) in [5, 5.41) is 9.39. The van der Waals surface area contributed by atoms with Gasteiger partial charge in [0.1, 0.15) is 6.04 Å². The number of nitrogens with zero attached hydrogens (tertiary/aromatic N) is 1. The van der Waals surface area contributed by atoms with E-state index in [4.69, 9.17) is 14.2 Å². The first-order chi connectivity index (χ1) is 10.9. The Morgan fingerprint density at radius 2 is 2.09 bits per heavy atom. The molecule has 1 aliphatic rings. The van der Waals surface area contributed by atoms with Gasteiger partial charge in [0.25, 0.3) is 5.91 Å². The van der Waals surface area contributed by atoms with E-state index < -0.39 is 12.0 Å². The second kappa shape index (κ2) is 6.87. The predicted molar refractivity (Wildman–Crippen MR) is 82.6 cm³/mol. The smallest absolute Gasteiger partial charge is 0.329 e. The molecule has 0 radical (unpaired) electrons. The number of anilines is 1. The van der Waals surface area contributed by atoms with Crippen molar-refractivity contribution in [2.24, 2.45) is 0 Å². The van der Waals surface area contributed by atoms with Gasteiger partial charge in [-0.05, 0) is 38.5 Å². The number of aliphatic hydroxyl groups excluding tert-OH is 1. The number of hydrogen-bond donors (Lipinski definition) is 1. The molecule has 0 spiro atoms. The summed E-state index contributed by atoms with van der Waals surface area (Å²) in [5.74, 6) is -0.0978. The number of benzene rings is 1. The molecule has 7 heteroatoms. The molecule has 0 saturated carbocycles. The van der Waals surface area contributed by atoms with Gasteiger partial charge in [0.15, 0.2) is 18.1 Å². The SMILES string of the molecule is COc1cc(CO)cc2c1OCC(=O)N2C(C)C(=O)OC(C)C. The molecule has 23 heavy (non-hydrogen) atoms. The van der Waals surface area contributed by atoms with Crippen LogP contribution in [0.2, 0.25) is 0 Å². The molecule has 7 nitrogen and oxygen atoms in total. The van der Waals surface area contributed by atoms with E-state index >= 15 is 0 Å². The summed E-state index contributed by atoms with van der Waals surface area (Å²) in [7, 11) is 1.47. The monoisotopic (exact) mass is 323 g/mol. The molecule has 0 aliphatic carbocycles. The third kappa shape index (κ3) is 3.39. The van der Waals surface area contributed by atoms with E-state index in [0.29, 0.717) is 22.7 Å². The third-order valence-electron chi connectivity index (χ3n) is 3.45. The molecular weight excluding hydrogens is 302 g/mol. The molecule has 126 valence electrons. The van der Waals surface area contributed by atoms with Gasteiger partial charge in [-0.3, -0.25) is 9.69 Å². The van der Waals surface area contributed by atoms with Crippen molar-refractivity contribution < 1.29 is 28.9 Å². The number of carbonyl (C=O) groups excluding carboxylic acids is 2. The summed E-state index contributed by atoms with van der Waals surface area (Å²) < 4.78 is 15.9. The largest absolute Gasteiger partial charge is 0.493 e. The van der Waals surface area contributed by atoms with E-state index in [0.717, 1.165) is 0 Å². The minimum absolute atomic E-state index is 0.193. The molecule has 1 unspecified atom stereocenters. The third-order valence-corrected chi connectivity index (χ3v) is 3.45. The van der Waals surface area contributed by atoms with Crippen LogP contribution in [0.4, 0.5) is 5.69 Å². The van der Waals surface area contributed by atoms with Crippen LogP contribution >= 0.6 is 0 Å². The Bertz CT molecular complexity index is 613. The Labute approximate surface area is 134 Å². The molecule has 0 bridgehead atoms. The molecular formula is C16H21NO6. The second-order valence-electron chi connectivity index (χ2n) is 5.52. The Hall–Kier alpha value is -2.28. The van der Waals surface area contributed by atoms with Gasteiger partial charge in [-0.25, -0.2) is 4.79 Å². The van der Waals surface area contributed by atoms with Crippen LogP contribution in [0.1, 0.15) is 26.3 Å². The van der Waals surface area contributed by atoms with E-state index in [-0.39, 0.29) is 25.2 Å². The molecule has 1 heterocycles. The van der Waals surface area contributed by atoms with E-state index in [1.54, 1.807) is 32.9 Å². The molecule has 1 aromatic carbocycles. The average Bonchev–Trinajstić information content (AvgIpc) is 2.52. The molecule has 1 N–H and O–H groups in total. The van der Waals surface area contributed by atoms with Crippen LogP contribution in [0.5, 0.6) is 11.5 Å². The summed E-state index contributed by atoms with van der Waals surface area (Å²) in [6.45, 7) is 4.66. The average molecular weight is 323 g/mol. The maximum absolute atomic E-state index is 12.3. The van der Waals surface area contributed by atoms with Crippen LogP contribution in [0.3, 0.4) is 0 Å². The highest BCUT2D eigenvalue weighted by Gasteiger charge is 2.36. The van der Waals surface area contributed by atoms with E-state index in [1.807, 2.05) is 0 Å². The van der Waals surface area contributed by atoms with Crippen molar-refractivity contribution in [3.63, 3.8) is 0 Å². The zero-order valence-corrected chi connectivity index (χ0v) is 13.7. The molecule has 1 amide bonds. The quantitative estimate of drug-likeness (QED) is 0.821. The van der Waals surface area contributed by atoms with E-state index in [1.165, 1.54) is 12.0 Å². The van der Waals surface area contributed by atoms with Crippen LogP contribution in [0.25, 0.3) is 0 Å². The van der Waals surface area contributed by atoms with Gasteiger partial charge in [0, 0.05) is 0 Å². The lowest BCUT2D eigenvalue weighted by atomic mass is 10.1. The van der Waals surface area contributed by atoms with Crippen molar-refractivity contribution >= 4 is 17.6 Å². The fraction of sp³-hybridized carbons (Fsp3) is 0.500. The van der Waals surface area contributed by atoms with Crippen molar-refractivity contribution in [2.75, 3.05) is 18.6 Å². The van der Waals surface area contributed by atoms with Crippen LogP contribution in [-0.4, -0.2) is 42.8 Å². The second-order valence-corrected chi connectivity index (χ2v) is 5.52. The molecule has 0 aromatic heterocycles. The lowest BCUT2D eigenvalue weighted by Gasteiger charge is -2.34. The van der Waals surface area contributed by atoms with Gasteiger partial charge in [-0.15, -0.1) is 0 Å². The van der Waals surface area contributed by atoms with Gasteiger partial charge in [-0.1, -0.05) is 0 Å². The number of hydrogen-bond acceptors (Lipinski definition) is 6. The van der Waals surface area contributed by atoms with Crippen LogP contribution in [0, 0.1) is 0 Å². The van der Waals surface area contributed by atoms with Gasteiger partial charge >= 0.3 is 5.97 Å². The lowest BCUT2D eigenvalue weighted by molar-refractivity contribution is -0.149. The number of fused-ring (bicyclic) bond motifs is 1. The zero-order chi connectivity index (χ0) is 17.1. The summed E-state index contributed by atoms with van der Waals surface area (Å²) in [5.41, 5.74) is 0.936.